The van der Waals surface area contributed by atoms with Gasteiger partial charge in [-0.3, -0.25) is 0 Å². The molecule has 2 N–H and O–H groups in total. The highest BCUT2D eigenvalue weighted by Crippen LogP contribution is 2.14. The summed E-state index contributed by atoms with van der Waals surface area (Å²) in [4.78, 5) is 0.238. The number of hydrogen-bond acceptors (Lipinski definition) is 4. The summed E-state index contributed by atoms with van der Waals surface area (Å²) in [5.74, 6) is -0.0770. The van der Waals surface area contributed by atoms with Gasteiger partial charge in [0.15, 0.2) is 9.84 Å². The molecule has 0 aliphatic rings. The second-order valence-electron chi connectivity index (χ2n) is 4.47. The molecular formula is C15H16FNO3S. The molecule has 0 heterocycles. The number of benzene rings is 2. The molecular weight excluding hydrogens is 293 g/mol. The molecule has 2 aromatic rings. The van der Waals surface area contributed by atoms with E-state index in [2.05, 4.69) is 0 Å². The molecule has 21 heavy (non-hydrogen) atoms. The molecule has 0 bridgehead atoms. The SMILES string of the molecule is NCc1ccc(S(=O)(=O)CCOc2ccc(F)cc2)cc1. The third-order valence-electron chi connectivity index (χ3n) is 2.95. The summed E-state index contributed by atoms with van der Waals surface area (Å²) in [6.45, 7) is 0.376. The maximum absolute atomic E-state index is 12.7. The Hall–Kier alpha value is -1.92. The van der Waals surface area contributed by atoms with Crippen LogP contribution in [0.5, 0.6) is 5.75 Å². The Morgan fingerprint density at radius 1 is 1.00 bits per heavy atom. The van der Waals surface area contributed by atoms with Crippen LogP contribution in [0.4, 0.5) is 4.39 Å². The third kappa shape index (κ3) is 4.27. The van der Waals surface area contributed by atoms with E-state index < -0.39 is 9.84 Å². The van der Waals surface area contributed by atoms with Crippen molar-refractivity contribution in [3.05, 3.63) is 59.9 Å². The van der Waals surface area contributed by atoms with Crippen molar-refractivity contribution in [1.82, 2.24) is 0 Å². The third-order valence-corrected chi connectivity index (χ3v) is 4.65. The van der Waals surface area contributed by atoms with Gasteiger partial charge in [-0.05, 0) is 42.0 Å². The van der Waals surface area contributed by atoms with Crippen molar-refractivity contribution >= 4 is 9.84 Å². The minimum absolute atomic E-state index is 0.00655. The molecule has 0 unspecified atom stereocenters. The van der Waals surface area contributed by atoms with Crippen LogP contribution >= 0.6 is 0 Å². The van der Waals surface area contributed by atoms with Gasteiger partial charge in [0.25, 0.3) is 0 Å². The number of hydrogen-bond donors (Lipinski definition) is 1. The molecule has 0 spiro atoms. The van der Waals surface area contributed by atoms with Crippen molar-refractivity contribution in [3.8, 4) is 5.75 Å². The van der Waals surface area contributed by atoms with Crippen LogP contribution in [0.3, 0.4) is 0 Å². The van der Waals surface area contributed by atoms with Gasteiger partial charge in [0, 0.05) is 6.54 Å². The van der Waals surface area contributed by atoms with Crippen LogP contribution in [0.25, 0.3) is 0 Å². The van der Waals surface area contributed by atoms with Crippen molar-refractivity contribution in [2.24, 2.45) is 5.73 Å². The Morgan fingerprint density at radius 3 is 2.19 bits per heavy atom. The van der Waals surface area contributed by atoms with Gasteiger partial charge < -0.3 is 10.5 Å². The molecule has 0 saturated heterocycles. The zero-order valence-corrected chi connectivity index (χ0v) is 12.1. The van der Waals surface area contributed by atoms with Gasteiger partial charge >= 0.3 is 0 Å². The number of sulfone groups is 1. The molecule has 0 fully saturated rings. The van der Waals surface area contributed by atoms with E-state index >= 15 is 0 Å². The van der Waals surface area contributed by atoms with Gasteiger partial charge in [-0.1, -0.05) is 12.1 Å². The average Bonchev–Trinajstić information content (AvgIpc) is 2.49. The molecule has 0 aliphatic carbocycles. The predicted octanol–water partition coefficient (Wildman–Crippen LogP) is 2.14. The van der Waals surface area contributed by atoms with Crippen LogP contribution < -0.4 is 10.5 Å². The quantitative estimate of drug-likeness (QED) is 0.887. The van der Waals surface area contributed by atoms with Crippen LogP contribution in [0, 0.1) is 5.82 Å². The lowest BCUT2D eigenvalue weighted by Crippen LogP contribution is -2.14. The van der Waals surface area contributed by atoms with Gasteiger partial charge in [0.2, 0.25) is 0 Å². The number of ether oxygens (including phenoxy) is 1. The fraction of sp³-hybridized carbons (Fsp3) is 0.200. The first-order valence-corrected chi connectivity index (χ1v) is 8.06. The van der Waals surface area contributed by atoms with E-state index in [-0.39, 0.29) is 23.1 Å². The topological polar surface area (TPSA) is 69.4 Å². The predicted molar refractivity (Wildman–Crippen MR) is 78.3 cm³/mol. The largest absolute Gasteiger partial charge is 0.493 e. The number of halogens is 1. The lowest BCUT2D eigenvalue weighted by Gasteiger charge is -2.08. The maximum atomic E-state index is 12.7. The molecule has 0 atom stereocenters. The Kier molecular flexibility index (Phi) is 4.93. The highest BCUT2D eigenvalue weighted by Gasteiger charge is 2.14. The minimum atomic E-state index is -3.40. The van der Waals surface area contributed by atoms with Crippen molar-refractivity contribution in [2.45, 2.75) is 11.4 Å². The van der Waals surface area contributed by atoms with Crippen LogP contribution in [-0.4, -0.2) is 20.8 Å². The fourth-order valence-corrected chi connectivity index (χ4v) is 2.84. The second-order valence-corrected chi connectivity index (χ2v) is 6.58. The molecule has 6 heteroatoms. The summed E-state index contributed by atoms with van der Waals surface area (Å²) < 4.78 is 42.2. The summed E-state index contributed by atoms with van der Waals surface area (Å²) in [7, 11) is -3.40. The van der Waals surface area contributed by atoms with Gasteiger partial charge in [-0.25, -0.2) is 12.8 Å². The summed E-state index contributed by atoms with van der Waals surface area (Å²) in [5, 5.41) is 0. The molecule has 2 rings (SSSR count). The van der Waals surface area contributed by atoms with E-state index in [4.69, 9.17) is 10.5 Å². The molecule has 4 nitrogen and oxygen atoms in total. The highest BCUT2D eigenvalue weighted by atomic mass is 32.2. The van der Waals surface area contributed by atoms with Crippen LogP contribution in [-0.2, 0) is 16.4 Å². The first-order chi connectivity index (χ1) is 10.0. The highest BCUT2D eigenvalue weighted by molar-refractivity contribution is 7.91. The van der Waals surface area contributed by atoms with Gasteiger partial charge in [-0.2, -0.15) is 0 Å². The second kappa shape index (κ2) is 6.69. The summed E-state index contributed by atoms with van der Waals surface area (Å²) in [6.07, 6.45) is 0. The zero-order chi connectivity index (χ0) is 15.3. The minimum Gasteiger partial charge on any atom is -0.493 e. The number of rotatable bonds is 6. The van der Waals surface area contributed by atoms with Crippen molar-refractivity contribution in [3.63, 3.8) is 0 Å². The van der Waals surface area contributed by atoms with E-state index in [0.29, 0.717) is 12.3 Å². The molecule has 0 saturated carbocycles. The number of nitrogens with two attached hydrogens (primary N) is 1. The Bertz CT molecular complexity index is 682. The summed E-state index contributed by atoms with van der Waals surface area (Å²) in [5.41, 5.74) is 6.34. The molecule has 0 aromatic heterocycles. The zero-order valence-electron chi connectivity index (χ0n) is 11.3. The summed E-state index contributed by atoms with van der Waals surface area (Å²) >= 11 is 0. The molecule has 112 valence electrons. The van der Waals surface area contributed by atoms with E-state index in [1.807, 2.05) is 0 Å². The monoisotopic (exact) mass is 309 g/mol. The van der Waals surface area contributed by atoms with Gasteiger partial charge in [0.1, 0.15) is 18.2 Å². The molecule has 0 aliphatic heterocycles. The van der Waals surface area contributed by atoms with E-state index in [1.165, 1.54) is 36.4 Å². The van der Waals surface area contributed by atoms with Gasteiger partial charge in [0.05, 0.1) is 10.6 Å². The molecule has 2 aromatic carbocycles. The lowest BCUT2D eigenvalue weighted by atomic mass is 10.2. The Labute approximate surface area is 123 Å². The normalized spacial score (nSPS) is 11.3. The standard InChI is InChI=1S/C15H16FNO3S/c16-13-3-5-14(6-4-13)20-9-10-21(18,19)15-7-1-12(11-17)2-8-15/h1-8H,9-11,17H2. The van der Waals surface area contributed by atoms with Crippen molar-refractivity contribution < 1.29 is 17.5 Å². The summed E-state index contributed by atoms with van der Waals surface area (Å²) in [6, 6.07) is 11.9. The molecule has 0 amide bonds. The van der Waals surface area contributed by atoms with Crippen LogP contribution in [0.15, 0.2) is 53.4 Å². The smallest absolute Gasteiger partial charge is 0.181 e. The first-order valence-electron chi connectivity index (χ1n) is 6.41. The van der Waals surface area contributed by atoms with Crippen LogP contribution in [0.1, 0.15) is 5.56 Å². The van der Waals surface area contributed by atoms with Crippen molar-refractivity contribution in [1.29, 1.82) is 0 Å². The lowest BCUT2D eigenvalue weighted by molar-refractivity contribution is 0.340. The first kappa shape index (κ1) is 15.5. The average molecular weight is 309 g/mol. The van der Waals surface area contributed by atoms with E-state index in [9.17, 15) is 12.8 Å². The van der Waals surface area contributed by atoms with Gasteiger partial charge in [-0.15, -0.1) is 0 Å². The van der Waals surface area contributed by atoms with Crippen LogP contribution in [0.2, 0.25) is 0 Å². The fourth-order valence-electron chi connectivity index (χ4n) is 1.75. The maximum Gasteiger partial charge on any atom is 0.181 e. The van der Waals surface area contributed by atoms with Crippen molar-refractivity contribution in [2.75, 3.05) is 12.4 Å². The van der Waals surface area contributed by atoms with E-state index in [0.717, 1.165) is 5.56 Å². The Morgan fingerprint density at radius 2 is 1.62 bits per heavy atom. The van der Waals surface area contributed by atoms with E-state index in [1.54, 1.807) is 12.1 Å². The molecule has 0 radical (unpaired) electrons. The Balaban J connectivity index is 1.95.